The van der Waals surface area contributed by atoms with E-state index in [4.69, 9.17) is 16.3 Å². The fourth-order valence-corrected chi connectivity index (χ4v) is 2.52. The zero-order valence-electron chi connectivity index (χ0n) is 10.3. The molecule has 0 aromatic heterocycles. The molecule has 1 aromatic carbocycles. The van der Waals surface area contributed by atoms with Gasteiger partial charge in [-0.05, 0) is 43.0 Å². The van der Waals surface area contributed by atoms with Crippen LogP contribution in [-0.2, 0) is 16.0 Å². The molecule has 0 spiro atoms. The molecule has 2 rings (SSSR count). The molecular formula is C14H16ClFO2. The number of hydrogen-bond donors (Lipinski definition) is 0. The maximum absolute atomic E-state index is 13.1. The monoisotopic (exact) mass is 270 g/mol. The summed E-state index contributed by atoms with van der Waals surface area (Å²) in [5.74, 6) is -0.323. The second-order valence-corrected chi connectivity index (χ2v) is 5.28. The highest BCUT2D eigenvalue weighted by Gasteiger charge is 2.38. The quantitative estimate of drug-likeness (QED) is 0.818. The molecule has 1 fully saturated rings. The first-order valence-corrected chi connectivity index (χ1v) is 6.43. The van der Waals surface area contributed by atoms with E-state index < -0.39 is 0 Å². The minimum absolute atomic E-state index is 0.0454. The van der Waals surface area contributed by atoms with Crippen molar-refractivity contribution < 1.29 is 13.9 Å². The smallest absolute Gasteiger partial charge is 0.140 e. The van der Waals surface area contributed by atoms with Crippen LogP contribution >= 0.6 is 11.6 Å². The first kappa shape index (κ1) is 13.5. The summed E-state index contributed by atoms with van der Waals surface area (Å²) in [5, 5.41) is 0.435. The van der Waals surface area contributed by atoms with Crippen molar-refractivity contribution in [3.8, 4) is 0 Å². The molecule has 0 atom stereocenters. The van der Waals surface area contributed by atoms with E-state index in [1.807, 2.05) is 0 Å². The van der Waals surface area contributed by atoms with E-state index in [9.17, 15) is 9.18 Å². The Hall–Kier alpha value is -0.930. The second-order valence-electron chi connectivity index (χ2n) is 4.87. The van der Waals surface area contributed by atoms with Gasteiger partial charge in [0.2, 0.25) is 0 Å². The number of benzene rings is 1. The van der Waals surface area contributed by atoms with E-state index in [1.165, 1.54) is 18.2 Å². The van der Waals surface area contributed by atoms with Crippen LogP contribution in [0, 0.1) is 5.82 Å². The van der Waals surface area contributed by atoms with Crippen LogP contribution < -0.4 is 0 Å². The van der Waals surface area contributed by atoms with Crippen molar-refractivity contribution in [3.63, 3.8) is 0 Å². The number of carbonyl (C=O) groups is 1. The maximum atomic E-state index is 13.1. The van der Waals surface area contributed by atoms with Gasteiger partial charge in [-0.25, -0.2) is 4.39 Å². The molecule has 2 nitrogen and oxygen atoms in total. The molecule has 1 saturated carbocycles. The molecule has 18 heavy (non-hydrogen) atoms. The summed E-state index contributed by atoms with van der Waals surface area (Å²) < 4.78 is 18.5. The normalized spacial score (nSPS) is 17.3. The lowest BCUT2D eigenvalue weighted by Crippen LogP contribution is -2.41. The van der Waals surface area contributed by atoms with Gasteiger partial charge >= 0.3 is 0 Å². The molecule has 4 heteroatoms. The molecule has 0 aliphatic heterocycles. The lowest BCUT2D eigenvalue weighted by Gasteiger charge is -2.40. The number of methoxy groups -OCH3 is 1. The van der Waals surface area contributed by atoms with Crippen molar-refractivity contribution in [1.29, 1.82) is 0 Å². The Labute approximate surface area is 111 Å². The number of ketones is 1. The second kappa shape index (κ2) is 5.37. The van der Waals surface area contributed by atoms with Crippen LogP contribution in [-0.4, -0.2) is 18.5 Å². The third-order valence-electron chi connectivity index (χ3n) is 3.61. The van der Waals surface area contributed by atoms with E-state index in [0.717, 1.165) is 19.3 Å². The lowest BCUT2D eigenvalue weighted by molar-refractivity contribution is -0.131. The fourth-order valence-electron chi connectivity index (χ4n) is 2.34. The molecule has 0 saturated heterocycles. The van der Waals surface area contributed by atoms with E-state index in [2.05, 4.69) is 0 Å². The van der Waals surface area contributed by atoms with Gasteiger partial charge in [-0.3, -0.25) is 4.79 Å². The van der Waals surface area contributed by atoms with Gasteiger partial charge in [-0.1, -0.05) is 11.6 Å². The molecular weight excluding hydrogens is 255 g/mol. The topological polar surface area (TPSA) is 26.3 Å². The van der Waals surface area contributed by atoms with Gasteiger partial charge in [0.05, 0.1) is 5.60 Å². The van der Waals surface area contributed by atoms with Crippen LogP contribution in [0.15, 0.2) is 18.2 Å². The number of carbonyl (C=O) groups excluding carboxylic acids is 1. The number of Topliss-reactive ketones (excluding diaryl/α,β-unsaturated/α-hetero) is 1. The molecule has 1 aromatic rings. The Morgan fingerprint density at radius 2 is 2.22 bits per heavy atom. The van der Waals surface area contributed by atoms with Crippen molar-refractivity contribution in [2.24, 2.45) is 0 Å². The van der Waals surface area contributed by atoms with Gasteiger partial charge in [0.25, 0.3) is 0 Å². The molecule has 0 heterocycles. The Balaban J connectivity index is 2.00. The Bertz CT molecular complexity index is 450. The van der Waals surface area contributed by atoms with Gasteiger partial charge in [-0.2, -0.15) is 0 Å². The van der Waals surface area contributed by atoms with Crippen molar-refractivity contribution in [3.05, 3.63) is 34.6 Å². The van der Waals surface area contributed by atoms with Crippen molar-refractivity contribution in [2.75, 3.05) is 7.11 Å². The molecule has 1 aliphatic rings. The third kappa shape index (κ3) is 2.90. The maximum Gasteiger partial charge on any atom is 0.140 e. The SMILES string of the molecule is COC1(CC(=O)Cc2cc(F)ccc2Cl)CCC1. The molecule has 0 N–H and O–H groups in total. The number of halogens is 2. The highest BCUT2D eigenvalue weighted by molar-refractivity contribution is 6.31. The molecule has 0 amide bonds. The average molecular weight is 271 g/mol. The molecule has 0 radical (unpaired) electrons. The van der Waals surface area contributed by atoms with Crippen molar-refractivity contribution >= 4 is 17.4 Å². The van der Waals surface area contributed by atoms with Crippen molar-refractivity contribution in [2.45, 2.75) is 37.7 Å². The summed E-state index contributed by atoms with van der Waals surface area (Å²) in [5.41, 5.74) is 0.268. The minimum Gasteiger partial charge on any atom is -0.378 e. The van der Waals surface area contributed by atoms with Gasteiger partial charge < -0.3 is 4.74 Å². The summed E-state index contributed by atoms with van der Waals surface area (Å²) >= 11 is 5.94. The van der Waals surface area contributed by atoms with E-state index in [1.54, 1.807) is 7.11 Å². The van der Waals surface area contributed by atoms with Crippen molar-refractivity contribution in [1.82, 2.24) is 0 Å². The van der Waals surface area contributed by atoms with Crippen LogP contribution in [0.25, 0.3) is 0 Å². The lowest BCUT2D eigenvalue weighted by atomic mass is 9.76. The van der Waals surface area contributed by atoms with Crippen LogP contribution in [0.3, 0.4) is 0 Å². The van der Waals surface area contributed by atoms with Gasteiger partial charge in [-0.15, -0.1) is 0 Å². The predicted octanol–water partition coefficient (Wildman–Crippen LogP) is 3.55. The van der Waals surface area contributed by atoms with Crippen LogP contribution in [0.4, 0.5) is 4.39 Å². The zero-order chi connectivity index (χ0) is 13.2. The fraction of sp³-hybridized carbons (Fsp3) is 0.500. The first-order chi connectivity index (χ1) is 8.54. The number of ether oxygens (including phenoxy) is 1. The van der Waals surface area contributed by atoms with E-state index in [-0.39, 0.29) is 23.6 Å². The minimum atomic E-state index is -0.368. The van der Waals surface area contributed by atoms with E-state index >= 15 is 0 Å². The molecule has 0 bridgehead atoms. The molecule has 0 unspecified atom stereocenters. The Morgan fingerprint density at radius 1 is 1.50 bits per heavy atom. The Kier molecular flexibility index (Phi) is 4.03. The summed E-state index contributed by atoms with van der Waals surface area (Å²) in [6, 6.07) is 4.09. The van der Waals surface area contributed by atoms with Gasteiger partial charge in [0, 0.05) is 25.0 Å². The first-order valence-electron chi connectivity index (χ1n) is 6.05. The standard InChI is InChI=1S/C14H16ClFO2/c1-18-14(5-2-6-14)9-12(17)8-10-7-11(16)3-4-13(10)15/h3-4,7H,2,5-6,8-9H2,1H3. The number of hydrogen-bond acceptors (Lipinski definition) is 2. The van der Waals surface area contributed by atoms with Crippen LogP contribution in [0.5, 0.6) is 0 Å². The largest absolute Gasteiger partial charge is 0.378 e. The number of rotatable bonds is 5. The zero-order valence-corrected chi connectivity index (χ0v) is 11.1. The third-order valence-corrected chi connectivity index (χ3v) is 3.98. The highest BCUT2D eigenvalue weighted by Crippen LogP contribution is 2.38. The average Bonchev–Trinajstić information content (AvgIpc) is 2.28. The van der Waals surface area contributed by atoms with E-state index in [0.29, 0.717) is 17.0 Å². The molecule has 98 valence electrons. The van der Waals surface area contributed by atoms with Crippen LogP contribution in [0.2, 0.25) is 5.02 Å². The summed E-state index contributed by atoms with van der Waals surface area (Å²) in [7, 11) is 1.64. The Morgan fingerprint density at radius 3 is 2.78 bits per heavy atom. The molecule has 1 aliphatic carbocycles. The van der Waals surface area contributed by atoms with Gasteiger partial charge in [0.15, 0.2) is 0 Å². The predicted molar refractivity (Wildman–Crippen MR) is 68.3 cm³/mol. The summed E-state index contributed by atoms with van der Waals surface area (Å²) in [4.78, 5) is 12.0. The summed E-state index contributed by atoms with van der Waals surface area (Å²) in [6.45, 7) is 0. The van der Waals surface area contributed by atoms with Crippen LogP contribution in [0.1, 0.15) is 31.2 Å². The summed E-state index contributed by atoms with van der Waals surface area (Å²) in [6.07, 6.45) is 3.50. The van der Waals surface area contributed by atoms with Gasteiger partial charge in [0.1, 0.15) is 11.6 Å². The highest BCUT2D eigenvalue weighted by atomic mass is 35.5.